The van der Waals surface area contributed by atoms with Crippen LogP contribution in [0.3, 0.4) is 0 Å². The Morgan fingerprint density at radius 2 is 1.90 bits per heavy atom. The number of para-hydroxylation sites is 1. The summed E-state index contributed by atoms with van der Waals surface area (Å²) in [6.07, 6.45) is 5.54. The zero-order chi connectivity index (χ0) is 27.6. The van der Waals surface area contributed by atoms with Crippen LogP contribution in [-0.4, -0.2) is 40.9 Å². The van der Waals surface area contributed by atoms with Crippen LogP contribution in [0.2, 0.25) is 0 Å². The van der Waals surface area contributed by atoms with Crippen molar-refractivity contribution in [3.8, 4) is 11.5 Å². The molecule has 1 aliphatic carbocycles. The number of rotatable bonds is 0. The second-order valence-electron chi connectivity index (χ2n) is 12.8. The molecule has 2 aromatic rings. The van der Waals surface area contributed by atoms with Crippen molar-refractivity contribution in [3.63, 3.8) is 0 Å². The third-order valence-electron chi connectivity index (χ3n) is 9.42. The van der Waals surface area contributed by atoms with E-state index < -0.39 is 0 Å². The minimum absolute atomic E-state index is 0.0108. The number of nitrogens with two attached hydrogens (primary N) is 1. The van der Waals surface area contributed by atoms with Crippen LogP contribution in [0.25, 0.3) is 0 Å². The van der Waals surface area contributed by atoms with Gasteiger partial charge in [-0.15, -0.1) is 0 Å². The predicted molar refractivity (Wildman–Crippen MR) is 151 cm³/mol. The van der Waals surface area contributed by atoms with Gasteiger partial charge < -0.3 is 20.5 Å². The van der Waals surface area contributed by atoms with Crippen LogP contribution in [0.15, 0.2) is 47.5 Å². The Morgan fingerprint density at radius 3 is 2.75 bits per heavy atom. The van der Waals surface area contributed by atoms with E-state index in [0.717, 1.165) is 54.7 Å². The van der Waals surface area contributed by atoms with Gasteiger partial charge in [-0.1, -0.05) is 36.8 Å². The second-order valence-corrected chi connectivity index (χ2v) is 12.8. The minimum Gasteiger partial charge on any atom is -0.493 e. The smallest absolute Gasteiger partial charge is 0.232 e. The molecule has 0 radical (unpaired) electrons. The quantitative estimate of drug-likeness (QED) is 0.512. The number of aryl methyl sites for hydroxylation is 1. The second kappa shape index (κ2) is 9.53. The third-order valence-corrected chi connectivity index (χ3v) is 9.42. The summed E-state index contributed by atoms with van der Waals surface area (Å²) in [5, 5.41) is 3.40. The first-order chi connectivity index (χ1) is 19.3. The number of hydrogen-bond donors (Lipinski definition) is 2. The Kier molecular flexibility index (Phi) is 6.06. The number of aliphatic imine (C=N–C) groups is 1. The molecule has 210 valence electrons. The Balaban J connectivity index is 1.25. The fourth-order valence-corrected chi connectivity index (χ4v) is 7.40. The van der Waals surface area contributed by atoms with Crippen molar-refractivity contribution in [1.29, 1.82) is 0 Å². The third kappa shape index (κ3) is 4.51. The molecule has 6 atom stereocenters. The van der Waals surface area contributed by atoms with Crippen molar-refractivity contribution < 1.29 is 19.1 Å². The van der Waals surface area contributed by atoms with E-state index >= 15 is 0 Å². The Morgan fingerprint density at radius 1 is 1.05 bits per heavy atom. The molecular weight excluding hydrogens is 504 g/mol. The van der Waals surface area contributed by atoms with Crippen molar-refractivity contribution in [1.82, 2.24) is 10.2 Å². The van der Waals surface area contributed by atoms with Gasteiger partial charge >= 0.3 is 0 Å². The fourth-order valence-electron chi connectivity index (χ4n) is 7.40. The molecule has 0 spiro atoms. The van der Waals surface area contributed by atoms with E-state index in [2.05, 4.69) is 37.4 Å². The lowest BCUT2D eigenvalue weighted by molar-refractivity contribution is -0.132. The maximum Gasteiger partial charge on any atom is 0.232 e. The van der Waals surface area contributed by atoms with Gasteiger partial charge in [0, 0.05) is 35.8 Å². The van der Waals surface area contributed by atoms with Crippen LogP contribution in [0, 0.1) is 17.8 Å². The number of guanidine groups is 1. The molecule has 5 aliphatic heterocycles. The Hall–Kier alpha value is -3.55. The molecule has 1 fully saturated rings. The molecule has 3 N–H and O–H groups in total. The molecule has 1 saturated carbocycles. The first-order valence-corrected chi connectivity index (χ1v) is 14.8. The number of nitrogens with zero attached hydrogens (tertiary/aromatic N) is 2. The lowest BCUT2D eigenvalue weighted by atomic mass is 9.84. The van der Waals surface area contributed by atoms with Crippen LogP contribution in [0.1, 0.15) is 81.1 Å². The van der Waals surface area contributed by atoms with E-state index in [0.29, 0.717) is 25.4 Å². The molecule has 8 nitrogen and oxygen atoms in total. The summed E-state index contributed by atoms with van der Waals surface area (Å²) in [6, 6.07) is 13.8. The number of amides is 2. The van der Waals surface area contributed by atoms with Crippen LogP contribution in [-0.2, 0) is 16.0 Å². The highest BCUT2D eigenvalue weighted by Crippen LogP contribution is 2.54. The van der Waals surface area contributed by atoms with Gasteiger partial charge in [0.05, 0.1) is 24.7 Å². The van der Waals surface area contributed by atoms with E-state index in [1.807, 2.05) is 24.3 Å². The van der Waals surface area contributed by atoms with Gasteiger partial charge in [0.15, 0.2) is 5.96 Å². The van der Waals surface area contributed by atoms with E-state index in [9.17, 15) is 9.59 Å². The standard InChI is InChI=1S/C32H38N4O4/c1-32(2)16-25-23-13-18(11-12-27(23)40-32)7-3-4-8-19-14-28(37)36(31(33)34-19)29-20-9-5-6-10-26(20)39-17-24(29)21-15-22(21)30(38)35-25/h5-6,9-13,19,21-22,24-25,29H,3-4,7-8,14-17H2,1-2H3,(H2,33,34)(H,35,38). The molecule has 4 bridgehead atoms. The average molecular weight is 543 g/mol. The lowest BCUT2D eigenvalue weighted by Gasteiger charge is -2.42. The molecule has 2 amide bonds. The van der Waals surface area contributed by atoms with E-state index in [-0.39, 0.29) is 53.3 Å². The van der Waals surface area contributed by atoms with Gasteiger partial charge in [-0.3, -0.25) is 14.5 Å². The summed E-state index contributed by atoms with van der Waals surface area (Å²) in [7, 11) is 0. The van der Waals surface area contributed by atoms with Crippen LogP contribution >= 0.6 is 0 Å². The summed E-state index contributed by atoms with van der Waals surface area (Å²) >= 11 is 0. The van der Waals surface area contributed by atoms with Crippen LogP contribution in [0.5, 0.6) is 11.5 Å². The average Bonchev–Trinajstić information content (AvgIpc) is 3.71. The van der Waals surface area contributed by atoms with Gasteiger partial charge in [-0.2, -0.15) is 0 Å². The normalized spacial score (nSPS) is 32.5. The zero-order valence-electron chi connectivity index (χ0n) is 23.3. The summed E-state index contributed by atoms with van der Waals surface area (Å²) < 4.78 is 12.5. The Labute approximate surface area is 235 Å². The monoisotopic (exact) mass is 542 g/mol. The first kappa shape index (κ1) is 25.4. The molecule has 8 heteroatoms. The highest BCUT2D eigenvalue weighted by Gasteiger charge is 2.55. The summed E-state index contributed by atoms with van der Waals surface area (Å²) in [5.41, 5.74) is 9.44. The highest BCUT2D eigenvalue weighted by molar-refractivity contribution is 5.99. The van der Waals surface area contributed by atoms with Gasteiger partial charge in [0.1, 0.15) is 17.1 Å². The number of fused-ring (bicyclic) bond motifs is 6. The number of carbonyl (C=O) groups excluding carboxylic acids is 2. The van der Waals surface area contributed by atoms with Crippen molar-refractivity contribution in [2.24, 2.45) is 28.5 Å². The van der Waals surface area contributed by atoms with Gasteiger partial charge in [0.25, 0.3) is 0 Å². The van der Waals surface area contributed by atoms with E-state index in [4.69, 9.17) is 20.2 Å². The zero-order valence-corrected chi connectivity index (χ0v) is 23.3. The van der Waals surface area contributed by atoms with Crippen molar-refractivity contribution in [2.75, 3.05) is 6.61 Å². The topological polar surface area (TPSA) is 106 Å². The summed E-state index contributed by atoms with van der Waals surface area (Å²) in [6.45, 7) is 4.59. The van der Waals surface area contributed by atoms with Gasteiger partial charge in [-0.05, 0) is 63.1 Å². The van der Waals surface area contributed by atoms with Crippen LogP contribution < -0.4 is 20.5 Å². The number of nitrogens with one attached hydrogen (secondary N) is 1. The molecule has 2 aromatic carbocycles. The molecule has 0 aromatic heterocycles. The molecule has 5 heterocycles. The van der Waals surface area contributed by atoms with Crippen LogP contribution in [0.4, 0.5) is 0 Å². The lowest BCUT2D eigenvalue weighted by Crippen LogP contribution is -2.52. The molecule has 6 unspecified atom stereocenters. The van der Waals surface area contributed by atoms with Crippen molar-refractivity contribution in [3.05, 3.63) is 59.2 Å². The number of ether oxygens (including phenoxy) is 2. The molecule has 6 aliphatic rings. The molecule has 0 saturated heterocycles. The van der Waals surface area contributed by atoms with Gasteiger partial charge in [0.2, 0.25) is 11.8 Å². The first-order valence-electron chi connectivity index (χ1n) is 14.8. The van der Waals surface area contributed by atoms with E-state index in [1.54, 1.807) is 4.90 Å². The maximum atomic E-state index is 13.7. The van der Waals surface area contributed by atoms with Crippen molar-refractivity contribution >= 4 is 17.8 Å². The summed E-state index contributed by atoms with van der Waals surface area (Å²) in [5.74, 6) is 1.90. The maximum absolute atomic E-state index is 13.7. The molecular formula is C32H38N4O4. The largest absolute Gasteiger partial charge is 0.493 e. The minimum atomic E-state index is -0.373. The Bertz CT molecular complexity index is 1390. The number of benzene rings is 2. The number of carbonyl (C=O) groups is 2. The fraction of sp³-hybridized carbons (Fsp3) is 0.531. The summed E-state index contributed by atoms with van der Waals surface area (Å²) in [4.78, 5) is 33.9. The molecule has 40 heavy (non-hydrogen) atoms. The molecule has 8 rings (SSSR count). The van der Waals surface area contributed by atoms with Gasteiger partial charge in [-0.25, -0.2) is 4.99 Å². The number of hydrogen-bond acceptors (Lipinski definition) is 6. The SMILES string of the molecule is CC1(C)CC2NC(=O)C3CC3C3COc4ccccc4C3N3C(=O)CC(CCCCc4ccc(c2c4)O1)N=C3N. The van der Waals surface area contributed by atoms with Crippen molar-refractivity contribution in [2.45, 2.75) is 82.5 Å². The highest BCUT2D eigenvalue weighted by atomic mass is 16.5. The predicted octanol–water partition coefficient (Wildman–Crippen LogP) is 4.43. The van der Waals surface area contributed by atoms with E-state index in [1.165, 1.54) is 5.56 Å².